The van der Waals surface area contributed by atoms with Gasteiger partial charge < -0.3 is 14.6 Å². The zero-order valence-corrected chi connectivity index (χ0v) is 9.74. The molecular weight excluding hydrogens is 262 g/mol. The molecule has 15 heavy (non-hydrogen) atoms. The molecule has 1 aliphatic rings. The molecule has 0 unspecified atom stereocenters. The van der Waals surface area contributed by atoms with E-state index in [4.69, 9.17) is 9.47 Å². The van der Waals surface area contributed by atoms with Crippen LogP contribution in [0.25, 0.3) is 0 Å². The maximum atomic E-state index is 9.20. The molecule has 2 heterocycles. The molecule has 0 spiro atoms. The number of rotatable bonds is 4. The van der Waals surface area contributed by atoms with Crippen molar-refractivity contribution in [3.63, 3.8) is 0 Å². The first-order chi connectivity index (χ1) is 7.26. The molecule has 1 saturated heterocycles. The summed E-state index contributed by atoms with van der Waals surface area (Å²) in [5, 5.41) is 9.20. The van der Waals surface area contributed by atoms with E-state index in [9.17, 15) is 5.11 Å². The summed E-state index contributed by atoms with van der Waals surface area (Å²) >= 11 is 3.30. The average Bonchev–Trinajstić information content (AvgIpc) is 2.19. The van der Waals surface area contributed by atoms with Crippen molar-refractivity contribution >= 4 is 15.9 Å². The topological polar surface area (TPSA) is 51.6 Å². The van der Waals surface area contributed by atoms with E-state index in [-0.39, 0.29) is 12.0 Å². The second-order valence-electron chi connectivity index (χ2n) is 3.73. The third kappa shape index (κ3) is 2.30. The summed E-state index contributed by atoms with van der Waals surface area (Å²) in [6.45, 7) is 1.65. The molecular formula is C10H12BrNO3. The van der Waals surface area contributed by atoms with Crippen LogP contribution in [0.3, 0.4) is 0 Å². The van der Waals surface area contributed by atoms with Gasteiger partial charge in [-0.25, -0.2) is 4.98 Å². The van der Waals surface area contributed by atoms with Gasteiger partial charge in [-0.05, 0) is 28.1 Å². The van der Waals surface area contributed by atoms with Crippen molar-refractivity contribution in [2.24, 2.45) is 5.41 Å². The fraction of sp³-hybridized carbons (Fsp3) is 0.500. The monoisotopic (exact) mass is 273 g/mol. The van der Waals surface area contributed by atoms with Gasteiger partial charge in [0.15, 0.2) is 5.75 Å². The molecule has 1 aromatic heterocycles. The van der Waals surface area contributed by atoms with Gasteiger partial charge in [-0.2, -0.15) is 0 Å². The highest BCUT2D eigenvalue weighted by Gasteiger charge is 2.39. The van der Waals surface area contributed by atoms with E-state index in [0.717, 1.165) is 0 Å². The van der Waals surface area contributed by atoms with E-state index in [1.165, 1.54) is 0 Å². The molecule has 2 rings (SSSR count). The minimum absolute atomic E-state index is 0.0882. The summed E-state index contributed by atoms with van der Waals surface area (Å²) in [6, 6.07) is 3.64. The first-order valence-corrected chi connectivity index (χ1v) is 5.47. The molecule has 0 bridgehead atoms. The minimum Gasteiger partial charge on any atom is -0.490 e. The molecule has 1 fully saturated rings. The lowest BCUT2D eigenvalue weighted by Gasteiger charge is -2.39. The predicted molar refractivity (Wildman–Crippen MR) is 57.8 cm³/mol. The van der Waals surface area contributed by atoms with Crippen LogP contribution in [0.2, 0.25) is 0 Å². The van der Waals surface area contributed by atoms with Crippen molar-refractivity contribution in [2.75, 3.05) is 26.4 Å². The van der Waals surface area contributed by atoms with E-state index >= 15 is 0 Å². The number of hydrogen-bond donors (Lipinski definition) is 1. The average molecular weight is 274 g/mol. The Labute approximate surface area is 96.4 Å². The van der Waals surface area contributed by atoms with Gasteiger partial charge in [0.2, 0.25) is 0 Å². The largest absolute Gasteiger partial charge is 0.490 e. The van der Waals surface area contributed by atoms with Crippen LogP contribution >= 0.6 is 15.9 Å². The van der Waals surface area contributed by atoms with Crippen molar-refractivity contribution in [2.45, 2.75) is 0 Å². The van der Waals surface area contributed by atoms with Crippen LogP contribution < -0.4 is 4.74 Å². The summed E-state index contributed by atoms with van der Waals surface area (Å²) in [7, 11) is 0. The van der Waals surface area contributed by atoms with Gasteiger partial charge in [0.1, 0.15) is 11.2 Å². The molecule has 0 aliphatic carbocycles. The van der Waals surface area contributed by atoms with Gasteiger partial charge in [0, 0.05) is 6.20 Å². The predicted octanol–water partition coefficient (Wildman–Crippen LogP) is 1.23. The van der Waals surface area contributed by atoms with Crippen LogP contribution in [0.4, 0.5) is 0 Å². The van der Waals surface area contributed by atoms with Crippen LogP contribution in [0.5, 0.6) is 5.75 Å². The zero-order chi connectivity index (χ0) is 10.7. The maximum absolute atomic E-state index is 9.20. The summed E-state index contributed by atoms with van der Waals surface area (Å²) in [5.41, 5.74) is -0.227. The van der Waals surface area contributed by atoms with E-state index < -0.39 is 0 Å². The first-order valence-electron chi connectivity index (χ1n) is 4.68. The van der Waals surface area contributed by atoms with Gasteiger partial charge in [-0.3, -0.25) is 0 Å². The third-order valence-electron chi connectivity index (χ3n) is 2.41. The highest BCUT2D eigenvalue weighted by Crippen LogP contribution is 2.29. The van der Waals surface area contributed by atoms with Crippen LogP contribution in [-0.2, 0) is 4.74 Å². The van der Waals surface area contributed by atoms with Crippen LogP contribution in [0.15, 0.2) is 22.9 Å². The zero-order valence-electron chi connectivity index (χ0n) is 8.15. The van der Waals surface area contributed by atoms with Crippen molar-refractivity contribution in [1.82, 2.24) is 4.98 Å². The van der Waals surface area contributed by atoms with Gasteiger partial charge in [-0.1, -0.05) is 0 Å². The van der Waals surface area contributed by atoms with Crippen molar-refractivity contribution in [3.8, 4) is 5.75 Å². The molecule has 1 N–H and O–H groups in total. The molecule has 0 atom stereocenters. The third-order valence-corrected chi connectivity index (χ3v) is 3.01. The van der Waals surface area contributed by atoms with Crippen molar-refractivity contribution in [3.05, 3.63) is 22.9 Å². The number of pyridine rings is 1. The fourth-order valence-corrected chi connectivity index (χ4v) is 1.69. The summed E-state index contributed by atoms with van der Waals surface area (Å²) in [6.07, 6.45) is 1.69. The smallest absolute Gasteiger partial charge is 0.152 e. The van der Waals surface area contributed by atoms with Gasteiger partial charge >= 0.3 is 0 Å². The van der Waals surface area contributed by atoms with Gasteiger partial charge in [-0.15, -0.1) is 0 Å². The Kier molecular flexibility index (Phi) is 3.23. The molecule has 0 saturated carbocycles. The van der Waals surface area contributed by atoms with Crippen molar-refractivity contribution in [1.29, 1.82) is 0 Å². The maximum Gasteiger partial charge on any atom is 0.152 e. The summed E-state index contributed by atoms with van der Waals surface area (Å²) in [5.74, 6) is 0.692. The number of hydrogen-bond acceptors (Lipinski definition) is 4. The Hall–Kier alpha value is -0.650. The number of aromatic nitrogens is 1. The van der Waals surface area contributed by atoms with Gasteiger partial charge in [0.05, 0.1) is 25.2 Å². The molecule has 82 valence electrons. The van der Waals surface area contributed by atoms with E-state index in [2.05, 4.69) is 20.9 Å². The minimum atomic E-state index is -0.227. The second kappa shape index (κ2) is 4.47. The number of aliphatic hydroxyl groups is 1. The number of ether oxygens (including phenoxy) is 2. The number of halogens is 1. The number of aliphatic hydroxyl groups excluding tert-OH is 1. The normalized spacial score (nSPS) is 18.3. The highest BCUT2D eigenvalue weighted by molar-refractivity contribution is 9.10. The Morgan fingerprint density at radius 2 is 2.40 bits per heavy atom. The van der Waals surface area contributed by atoms with Crippen molar-refractivity contribution < 1.29 is 14.6 Å². The lowest BCUT2D eigenvalue weighted by molar-refractivity contribution is -0.153. The number of nitrogens with zero attached hydrogens (tertiary/aromatic N) is 1. The van der Waals surface area contributed by atoms with E-state index in [0.29, 0.717) is 30.2 Å². The first kappa shape index (κ1) is 10.9. The highest BCUT2D eigenvalue weighted by atomic mass is 79.9. The van der Waals surface area contributed by atoms with Crippen LogP contribution in [-0.4, -0.2) is 36.5 Å². The Bertz CT molecular complexity index is 336. The SMILES string of the molecule is OCC1(COc2cccnc2Br)COC1. The second-order valence-corrected chi connectivity index (χ2v) is 4.48. The standard InChI is InChI=1S/C10H12BrNO3/c11-9-8(2-1-3-12-9)15-7-10(4-13)5-14-6-10/h1-3,13H,4-7H2. The summed E-state index contributed by atoms with van der Waals surface area (Å²) < 4.78 is 11.3. The van der Waals surface area contributed by atoms with Crippen LogP contribution in [0.1, 0.15) is 0 Å². The Morgan fingerprint density at radius 3 is 2.93 bits per heavy atom. The van der Waals surface area contributed by atoms with Gasteiger partial charge in [0.25, 0.3) is 0 Å². The summed E-state index contributed by atoms with van der Waals surface area (Å²) in [4.78, 5) is 4.05. The quantitative estimate of drug-likeness (QED) is 0.839. The molecule has 0 aromatic carbocycles. The van der Waals surface area contributed by atoms with E-state index in [1.54, 1.807) is 6.20 Å². The lowest BCUT2D eigenvalue weighted by Crippen LogP contribution is -2.49. The molecule has 1 aliphatic heterocycles. The Morgan fingerprint density at radius 1 is 1.60 bits per heavy atom. The lowest BCUT2D eigenvalue weighted by atomic mass is 9.88. The van der Waals surface area contributed by atoms with E-state index in [1.807, 2.05) is 12.1 Å². The molecule has 0 radical (unpaired) electrons. The molecule has 4 nitrogen and oxygen atoms in total. The fourth-order valence-electron chi connectivity index (χ4n) is 1.32. The molecule has 1 aromatic rings. The molecule has 0 amide bonds. The van der Waals surface area contributed by atoms with Crippen LogP contribution in [0, 0.1) is 5.41 Å². The Balaban J connectivity index is 1.95. The molecule has 5 heteroatoms.